The third kappa shape index (κ3) is 2.56. The van der Waals surface area contributed by atoms with Gasteiger partial charge in [-0.25, -0.2) is 4.98 Å². The molecule has 0 aliphatic carbocycles. The Labute approximate surface area is 115 Å². The molecule has 0 bridgehead atoms. The molecule has 0 saturated carbocycles. The number of aryl methyl sites for hydroxylation is 2. The maximum absolute atomic E-state index is 11.1. The number of fused-ring (bicyclic) bond motifs is 1. The van der Waals surface area contributed by atoms with Gasteiger partial charge in [0.25, 0.3) is 4.82 Å². The van der Waals surface area contributed by atoms with Gasteiger partial charge >= 0.3 is 0 Å². The summed E-state index contributed by atoms with van der Waals surface area (Å²) >= 11 is 2.94. The number of nitrogens with zero attached hydrogens (tertiary/aromatic N) is 3. The number of amides is 1. The minimum Gasteiger partial charge on any atom is -0.336 e. The van der Waals surface area contributed by atoms with E-state index < -0.39 is 0 Å². The third-order valence-corrected chi connectivity index (χ3v) is 3.81. The van der Waals surface area contributed by atoms with Crippen LogP contribution in [0.15, 0.2) is 18.2 Å². The minimum atomic E-state index is -0.0859. The van der Waals surface area contributed by atoms with Crippen molar-refractivity contribution >= 4 is 31.8 Å². The van der Waals surface area contributed by atoms with Crippen molar-refractivity contribution in [3.05, 3.63) is 29.6 Å². The van der Waals surface area contributed by atoms with Gasteiger partial charge in [0.2, 0.25) is 0 Å². The zero-order chi connectivity index (χ0) is 13.3. The molecule has 1 aromatic heterocycles. The van der Waals surface area contributed by atoms with E-state index in [0.29, 0.717) is 6.54 Å². The summed E-state index contributed by atoms with van der Waals surface area (Å²) in [4.78, 5) is 17.1. The van der Waals surface area contributed by atoms with Crippen molar-refractivity contribution in [2.75, 3.05) is 13.6 Å². The van der Waals surface area contributed by atoms with Gasteiger partial charge in [-0.15, -0.1) is 0 Å². The van der Waals surface area contributed by atoms with Gasteiger partial charge in [-0.05, 0) is 31.0 Å². The smallest absolute Gasteiger partial charge is 0.289 e. The highest BCUT2D eigenvalue weighted by molar-refractivity contribution is 9.18. The van der Waals surface area contributed by atoms with E-state index in [4.69, 9.17) is 0 Å². The maximum Gasteiger partial charge on any atom is 0.289 e. The number of likely N-dealkylation sites (N-methyl/N-ethyl adjacent to an activating group) is 1. The van der Waals surface area contributed by atoms with Crippen molar-refractivity contribution in [1.29, 1.82) is 0 Å². The van der Waals surface area contributed by atoms with Gasteiger partial charge in [0.05, 0.1) is 11.0 Å². The van der Waals surface area contributed by atoms with Crippen LogP contribution in [0, 0.1) is 6.92 Å². The molecule has 0 radical (unpaired) electrons. The Kier molecular flexibility index (Phi) is 3.71. The van der Waals surface area contributed by atoms with Crippen molar-refractivity contribution in [1.82, 2.24) is 14.5 Å². The molecule has 0 fully saturated rings. The molecule has 1 amide bonds. The van der Waals surface area contributed by atoms with Crippen LogP contribution in [-0.2, 0) is 13.5 Å². The van der Waals surface area contributed by atoms with Gasteiger partial charge < -0.3 is 9.47 Å². The molecule has 5 heteroatoms. The Morgan fingerprint density at radius 2 is 2.22 bits per heavy atom. The second-order valence-electron chi connectivity index (χ2n) is 4.47. The first-order valence-electron chi connectivity index (χ1n) is 5.81. The predicted octanol–water partition coefficient (Wildman–Crippen LogP) is 2.87. The first-order valence-corrected chi connectivity index (χ1v) is 6.61. The van der Waals surface area contributed by atoms with Crippen LogP contribution in [-0.4, -0.2) is 32.9 Å². The lowest BCUT2D eigenvalue weighted by Gasteiger charge is -2.13. The van der Waals surface area contributed by atoms with Gasteiger partial charge in [0.15, 0.2) is 0 Å². The lowest BCUT2D eigenvalue weighted by molar-refractivity contribution is 0.235. The predicted molar refractivity (Wildman–Crippen MR) is 76.1 cm³/mol. The van der Waals surface area contributed by atoms with Crippen LogP contribution in [0.5, 0.6) is 0 Å². The number of halogens is 1. The Balaban J connectivity index is 2.18. The summed E-state index contributed by atoms with van der Waals surface area (Å²) < 4.78 is 2.08. The first kappa shape index (κ1) is 13.1. The summed E-state index contributed by atoms with van der Waals surface area (Å²) in [7, 11) is 3.79. The van der Waals surface area contributed by atoms with E-state index >= 15 is 0 Å². The highest BCUT2D eigenvalue weighted by Crippen LogP contribution is 2.17. The fourth-order valence-corrected chi connectivity index (χ4v) is 2.08. The van der Waals surface area contributed by atoms with E-state index in [9.17, 15) is 4.79 Å². The quantitative estimate of drug-likeness (QED) is 0.646. The molecule has 0 aliphatic heterocycles. The van der Waals surface area contributed by atoms with Crippen LogP contribution in [0.3, 0.4) is 0 Å². The maximum atomic E-state index is 11.1. The lowest BCUT2D eigenvalue weighted by atomic mass is 10.1. The molecule has 0 spiro atoms. The van der Waals surface area contributed by atoms with Crippen LogP contribution in [0.2, 0.25) is 0 Å². The van der Waals surface area contributed by atoms with Crippen LogP contribution in [0.25, 0.3) is 11.0 Å². The Morgan fingerprint density at radius 3 is 2.89 bits per heavy atom. The van der Waals surface area contributed by atoms with Crippen LogP contribution in [0.4, 0.5) is 4.79 Å². The summed E-state index contributed by atoms with van der Waals surface area (Å²) in [6.45, 7) is 2.69. The largest absolute Gasteiger partial charge is 0.336 e. The minimum absolute atomic E-state index is 0.0859. The van der Waals surface area contributed by atoms with Crippen molar-refractivity contribution in [2.45, 2.75) is 13.3 Å². The summed E-state index contributed by atoms with van der Waals surface area (Å²) in [5.41, 5.74) is 3.35. The Bertz CT molecular complexity index is 591. The monoisotopic (exact) mass is 309 g/mol. The Morgan fingerprint density at radius 1 is 1.50 bits per heavy atom. The van der Waals surface area contributed by atoms with Crippen molar-refractivity contribution in [3.8, 4) is 0 Å². The van der Waals surface area contributed by atoms with Gasteiger partial charge in [-0.2, -0.15) is 0 Å². The molecule has 0 unspecified atom stereocenters. The molecule has 0 N–H and O–H groups in total. The summed E-state index contributed by atoms with van der Waals surface area (Å²) in [6.07, 6.45) is 0.833. The second kappa shape index (κ2) is 5.10. The van der Waals surface area contributed by atoms with Crippen molar-refractivity contribution in [2.24, 2.45) is 7.05 Å². The highest BCUT2D eigenvalue weighted by Gasteiger charge is 2.07. The Hall–Kier alpha value is -1.36. The molecule has 0 atom stereocenters. The van der Waals surface area contributed by atoms with Crippen molar-refractivity contribution in [3.63, 3.8) is 0 Å². The molecule has 4 nitrogen and oxygen atoms in total. The normalized spacial score (nSPS) is 10.9. The SMILES string of the molecule is Cc1nc2cc(CCN(C)C(=O)Br)ccc2n1C. The van der Waals surface area contributed by atoms with Gasteiger partial charge in [0.1, 0.15) is 5.82 Å². The summed E-state index contributed by atoms with van der Waals surface area (Å²) in [6, 6.07) is 6.27. The third-order valence-electron chi connectivity index (χ3n) is 3.20. The molecule has 1 heterocycles. The zero-order valence-electron chi connectivity index (χ0n) is 10.8. The van der Waals surface area contributed by atoms with E-state index in [1.807, 2.05) is 14.0 Å². The number of rotatable bonds is 3. The van der Waals surface area contributed by atoms with Gasteiger partial charge in [0, 0.05) is 36.6 Å². The molecule has 0 aliphatic rings. The number of benzene rings is 1. The first-order chi connectivity index (χ1) is 8.49. The van der Waals surface area contributed by atoms with E-state index in [1.54, 1.807) is 11.9 Å². The molecular weight excluding hydrogens is 294 g/mol. The number of imidazole rings is 1. The molecular formula is C13H16BrN3O. The van der Waals surface area contributed by atoms with E-state index in [0.717, 1.165) is 23.3 Å². The summed E-state index contributed by atoms with van der Waals surface area (Å²) in [5, 5.41) is 0. The number of hydrogen-bond acceptors (Lipinski definition) is 2. The molecule has 0 saturated heterocycles. The molecule has 2 aromatic rings. The van der Waals surface area contributed by atoms with Gasteiger partial charge in [-0.3, -0.25) is 4.79 Å². The van der Waals surface area contributed by atoms with E-state index in [1.165, 1.54) is 5.56 Å². The highest BCUT2D eigenvalue weighted by atomic mass is 79.9. The van der Waals surface area contributed by atoms with Crippen LogP contribution in [0.1, 0.15) is 11.4 Å². The fourth-order valence-electron chi connectivity index (χ4n) is 1.91. The van der Waals surface area contributed by atoms with E-state index in [2.05, 4.69) is 43.7 Å². The number of hydrogen-bond donors (Lipinski definition) is 0. The number of carbonyl (C=O) groups is 1. The number of aromatic nitrogens is 2. The van der Waals surface area contributed by atoms with Gasteiger partial charge in [-0.1, -0.05) is 6.07 Å². The average molecular weight is 310 g/mol. The fraction of sp³-hybridized carbons (Fsp3) is 0.385. The van der Waals surface area contributed by atoms with E-state index in [-0.39, 0.29) is 4.82 Å². The lowest BCUT2D eigenvalue weighted by Crippen LogP contribution is -2.23. The van der Waals surface area contributed by atoms with Crippen molar-refractivity contribution < 1.29 is 4.79 Å². The van der Waals surface area contributed by atoms with Crippen LogP contribution >= 0.6 is 15.9 Å². The topological polar surface area (TPSA) is 38.1 Å². The standard InChI is InChI=1S/C13H16BrN3O/c1-9-15-11-8-10(4-5-12(11)17(9)3)6-7-16(2)13(14)18/h4-5,8H,6-7H2,1-3H3. The zero-order valence-corrected chi connectivity index (χ0v) is 12.4. The molecule has 2 rings (SSSR count). The average Bonchev–Trinajstić information content (AvgIpc) is 2.61. The molecule has 1 aromatic carbocycles. The second-order valence-corrected chi connectivity index (χ2v) is 5.14. The van der Waals surface area contributed by atoms with Crippen LogP contribution < -0.4 is 0 Å². The molecule has 96 valence electrons. The summed E-state index contributed by atoms with van der Waals surface area (Å²) in [5.74, 6) is 1.01. The number of carbonyl (C=O) groups excluding carboxylic acids is 1. The molecule has 18 heavy (non-hydrogen) atoms.